The molecule has 0 aromatic heterocycles. The standard InChI is InChI=1S/C10H12O2/c11-10(9-2-1-3-9)12-7-6-8-4-5-8/h8-9H,1-5H2. The van der Waals surface area contributed by atoms with Crippen molar-refractivity contribution in [1.82, 2.24) is 0 Å². The molecule has 64 valence electrons. The van der Waals surface area contributed by atoms with Gasteiger partial charge in [-0.15, -0.1) is 0 Å². The van der Waals surface area contributed by atoms with Gasteiger partial charge in [-0.25, -0.2) is 0 Å². The molecule has 2 nitrogen and oxygen atoms in total. The number of carbonyl (C=O) groups is 1. The molecule has 2 aliphatic rings. The largest absolute Gasteiger partial charge is 0.372 e. The molecular weight excluding hydrogens is 152 g/mol. The lowest BCUT2D eigenvalue weighted by Crippen LogP contribution is -2.22. The molecule has 2 saturated carbocycles. The molecule has 0 radical (unpaired) electrons. The van der Waals surface area contributed by atoms with Crippen molar-refractivity contribution in [3.8, 4) is 12.0 Å². The molecule has 12 heavy (non-hydrogen) atoms. The SMILES string of the molecule is O=C(OC#CC1CC1)C1CCC1. The third kappa shape index (κ3) is 1.79. The first-order valence-corrected chi connectivity index (χ1v) is 4.57. The minimum Gasteiger partial charge on any atom is -0.372 e. The van der Waals surface area contributed by atoms with E-state index in [4.69, 9.17) is 4.74 Å². The van der Waals surface area contributed by atoms with Gasteiger partial charge in [0.1, 0.15) is 6.11 Å². The Labute approximate surface area is 72.3 Å². The Hall–Kier alpha value is -0.970. The third-order valence-electron chi connectivity index (χ3n) is 2.43. The normalized spacial score (nSPS) is 22.0. The van der Waals surface area contributed by atoms with E-state index < -0.39 is 0 Å². The average Bonchev–Trinajstić information content (AvgIpc) is 2.67. The number of esters is 1. The Morgan fingerprint density at radius 2 is 2.00 bits per heavy atom. The van der Waals surface area contributed by atoms with Crippen molar-refractivity contribution >= 4 is 5.97 Å². The molecule has 0 aromatic carbocycles. The predicted molar refractivity (Wildman–Crippen MR) is 43.9 cm³/mol. The molecule has 0 saturated heterocycles. The third-order valence-corrected chi connectivity index (χ3v) is 2.43. The fourth-order valence-corrected chi connectivity index (χ4v) is 1.12. The number of carbonyl (C=O) groups excluding carboxylic acids is 1. The summed E-state index contributed by atoms with van der Waals surface area (Å²) in [7, 11) is 0. The van der Waals surface area contributed by atoms with E-state index in [1.165, 1.54) is 12.8 Å². The van der Waals surface area contributed by atoms with Crippen LogP contribution in [0.5, 0.6) is 0 Å². The van der Waals surface area contributed by atoms with E-state index in [9.17, 15) is 4.79 Å². The van der Waals surface area contributed by atoms with Crippen molar-refractivity contribution in [2.45, 2.75) is 32.1 Å². The van der Waals surface area contributed by atoms with Crippen LogP contribution < -0.4 is 0 Å². The molecule has 0 bridgehead atoms. The van der Waals surface area contributed by atoms with Crippen LogP contribution in [0.2, 0.25) is 0 Å². The van der Waals surface area contributed by atoms with Gasteiger partial charge >= 0.3 is 5.97 Å². The maximum absolute atomic E-state index is 11.1. The molecule has 0 heterocycles. The molecule has 0 aliphatic heterocycles. The Morgan fingerprint density at radius 3 is 2.50 bits per heavy atom. The first-order chi connectivity index (χ1) is 5.86. The second kappa shape index (κ2) is 3.18. The van der Waals surface area contributed by atoms with Crippen LogP contribution in [0.4, 0.5) is 0 Å². The van der Waals surface area contributed by atoms with E-state index in [1.807, 2.05) is 0 Å². The van der Waals surface area contributed by atoms with Gasteiger partial charge in [-0.2, -0.15) is 0 Å². The molecule has 2 aliphatic carbocycles. The minimum absolute atomic E-state index is 0.116. The molecular formula is C10H12O2. The van der Waals surface area contributed by atoms with E-state index in [0.29, 0.717) is 5.92 Å². The summed E-state index contributed by atoms with van der Waals surface area (Å²) in [6.07, 6.45) is 7.99. The number of rotatable bonds is 1. The lowest BCUT2D eigenvalue weighted by atomic mass is 9.86. The maximum Gasteiger partial charge on any atom is 0.322 e. The van der Waals surface area contributed by atoms with Crippen molar-refractivity contribution in [2.75, 3.05) is 0 Å². The summed E-state index contributed by atoms with van der Waals surface area (Å²) in [5.41, 5.74) is 0. The fraction of sp³-hybridized carbons (Fsp3) is 0.700. The molecule has 0 amide bonds. The van der Waals surface area contributed by atoms with Gasteiger partial charge in [-0.1, -0.05) is 12.3 Å². The monoisotopic (exact) mass is 164 g/mol. The Balaban J connectivity index is 1.71. The lowest BCUT2D eigenvalue weighted by molar-refractivity contribution is -0.144. The van der Waals surface area contributed by atoms with Crippen molar-refractivity contribution in [2.24, 2.45) is 11.8 Å². The zero-order valence-electron chi connectivity index (χ0n) is 7.01. The highest BCUT2D eigenvalue weighted by Crippen LogP contribution is 2.28. The van der Waals surface area contributed by atoms with Crippen LogP contribution >= 0.6 is 0 Å². The van der Waals surface area contributed by atoms with Gasteiger partial charge in [0.05, 0.1) is 5.92 Å². The summed E-state index contributed by atoms with van der Waals surface area (Å²) in [4.78, 5) is 11.1. The van der Waals surface area contributed by atoms with Crippen LogP contribution in [0.15, 0.2) is 0 Å². The summed E-state index contributed by atoms with van der Waals surface area (Å²) < 4.78 is 4.80. The Kier molecular flexibility index (Phi) is 2.03. The molecule has 2 fully saturated rings. The summed E-state index contributed by atoms with van der Waals surface area (Å²) in [5.74, 6) is 3.45. The van der Waals surface area contributed by atoms with Crippen LogP contribution in [-0.2, 0) is 9.53 Å². The van der Waals surface area contributed by atoms with Gasteiger partial charge in [-0.05, 0) is 25.7 Å². The predicted octanol–water partition coefficient (Wildman–Crippen LogP) is 1.70. The summed E-state index contributed by atoms with van der Waals surface area (Å²) >= 11 is 0. The van der Waals surface area contributed by atoms with Gasteiger partial charge in [0.25, 0.3) is 0 Å². The Morgan fingerprint density at radius 1 is 1.25 bits per heavy atom. The van der Waals surface area contributed by atoms with Crippen molar-refractivity contribution < 1.29 is 9.53 Å². The van der Waals surface area contributed by atoms with Crippen LogP contribution in [0.25, 0.3) is 0 Å². The number of hydrogen-bond donors (Lipinski definition) is 0. The number of ether oxygens (including phenoxy) is 1. The quantitative estimate of drug-likeness (QED) is 0.435. The zero-order valence-corrected chi connectivity index (χ0v) is 7.01. The Bertz CT molecular complexity index is 238. The summed E-state index contributed by atoms with van der Waals surface area (Å²) in [6.45, 7) is 0. The van der Waals surface area contributed by atoms with E-state index in [2.05, 4.69) is 12.0 Å². The highest BCUT2D eigenvalue weighted by atomic mass is 16.5. The van der Waals surface area contributed by atoms with Crippen molar-refractivity contribution in [3.05, 3.63) is 0 Å². The second-order valence-electron chi connectivity index (χ2n) is 3.57. The van der Waals surface area contributed by atoms with Crippen LogP contribution in [0.3, 0.4) is 0 Å². The molecule has 2 heteroatoms. The highest BCUT2D eigenvalue weighted by molar-refractivity contribution is 5.74. The minimum atomic E-state index is -0.116. The molecule has 0 N–H and O–H groups in total. The fourth-order valence-electron chi connectivity index (χ4n) is 1.12. The molecule has 2 rings (SSSR count). The van der Waals surface area contributed by atoms with Crippen LogP contribution in [0, 0.1) is 23.9 Å². The van der Waals surface area contributed by atoms with E-state index in [-0.39, 0.29) is 11.9 Å². The van der Waals surface area contributed by atoms with Crippen LogP contribution in [-0.4, -0.2) is 5.97 Å². The van der Waals surface area contributed by atoms with Gasteiger partial charge in [-0.3, -0.25) is 4.79 Å². The van der Waals surface area contributed by atoms with Gasteiger partial charge < -0.3 is 4.74 Å². The summed E-state index contributed by atoms with van der Waals surface area (Å²) in [5, 5.41) is 0. The number of hydrogen-bond acceptors (Lipinski definition) is 2. The maximum atomic E-state index is 11.1. The van der Waals surface area contributed by atoms with E-state index in [1.54, 1.807) is 0 Å². The van der Waals surface area contributed by atoms with Crippen LogP contribution in [0.1, 0.15) is 32.1 Å². The lowest BCUT2D eigenvalue weighted by Gasteiger charge is -2.21. The molecule has 0 unspecified atom stereocenters. The van der Waals surface area contributed by atoms with E-state index >= 15 is 0 Å². The highest BCUT2D eigenvalue weighted by Gasteiger charge is 2.26. The summed E-state index contributed by atoms with van der Waals surface area (Å²) in [6, 6.07) is 0. The smallest absolute Gasteiger partial charge is 0.322 e. The zero-order chi connectivity index (χ0) is 8.39. The first kappa shape index (κ1) is 7.67. The van der Waals surface area contributed by atoms with E-state index in [0.717, 1.165) is 19.3 Å². The topological polar surface area (TPSA) is 26.3 Å². The molecule has 0 aromatic rings. The van der Waals surface area contributed by atoms with Crippen molar-refractivity contribution in [3.63, 3.8) is 0 Å². The van der Waals surface area contributed by atoms with Gasteiger partial charge in [0.15, 0.2) is 0 Å². The first-order valence-electron chi connectivity index (χ1n) is 4.57. The second-order valence-corrected chi connectivity index (χ2v) is 3.57. The van der Waals surface area contributed by atoms with Crippen molar-refractivity contribution in [1.29, 1.82) is 0 Å². The van der Waals surface area contributed by atoms with Gasteiger partial charge in [0, 0.05) is 5.92 Å². The molecule has 0 atom stereocenters. The molecule has 0 spiro atoms. The average molecular weight is 164 g/mol. The van der Waals surface area contributed by atoms with Gasteiger partial charge in [0.2, 0.25) is 0 Å².